The van der Waals surface area contributed by atoms with Crippen LogP contribution in [0.4, 0.5) is 5.69 Å². The Hall–Kier alpha value is -1.88. The highest BCUT2D eigenvalue weighted by molar-refractivity contribution is 7.99. The second-order valence-electron chi connectivity index (χ2n) is 5.66. The number of hydrogen-bond donors (Lipinski definition) is 1. The summed E-state index contributed by atoms with van der Waals surface area (Å²) < 4.78 is 31.9. The van der Waals surface area contributed by atoms with Crippen LogP contribution in [0.25, 0.3) is 0 Å². The fraction of sp³-hybridized carbons (Fsp3) is 0.294. The average molecular weight is 427 g/mol. The summed E-state index contributed by atoms with van der Waals surface area (Å²) >= 11 is 2.78. The van der Waals surface area contributed by atoms with E-state index in [9.17, 15) is 18.0 Å². The van der Waals surface area contributed by atoms with Gasteiger partial charge in [0.25, 0.3) is 5.91 Å². The second kappa shape index (κ2) is 8.42. The molecule has 0 aliphatic carbocycles. The molecule has 1 amide bonds. The van der Waals surface area contributed by atoms with Gasteiger partial charge >= 0.3 is 5.97 Å². The maximum absolute atomic E-state index is 12.9. The molecule has 0 spiro atoms. The molecule has 3 rings (SSSR count). The number of methoxy groups -OCH3 is 1. The molecule has 1 fully saturated rings. The molecular formula is C17H18N2O5S3. The zero-order valence-electron chi connectivity index (χ0n) is 14.5. The lowest BCUT2D eigenvalue weighted by atomic mass is 10.2. The smallest absolute Gasteiger partial charge is 0.337 e. The van der Waals surface area contributed by atoms with E-state index in [1.54, 1.807) is 35.3 Å². The first-order valence-corrected chi connectivity index (χ1v) is 11.6. The fourth-order valence-electron chi connectivity index (χ4n) is 2.62. The van der Waals surface area contributed by atoms with E-state index in [0.717, 1.165) is 22.8 Å². The summed E-state index contributed by atoms with van der Waals surface area (Å²) in [5.74, 6) is 0.432. The Labute approximate surface area is 165 Å². The van der Waals surface area contributed by atoms with Gasteiger partial charge in [-0.15, -0.1) is 11.3 Å². The average Bonchev–Trinajstić information content (AvgIpc) is 3.19. The molecule has 27 heavy (non-hydrogen) atoms. The van der Waals surface area contributed by atoms with Gasteiger partial charge in [0.2, 0.25) is 10.0 Å². The Morgan fingerprint density at radius 2 is 1.93 bits per heavy atom. The van der Waals surface area contributed by atoms with E-state index < -0.39 is 21.9 Å². The van der Waals surface area contributed by atoms with Crippen molar-refractivity contribution >= 4 is 50.7 Å². The van der Waals surface area contributed by atoms with Gasteiger partial charge in [-0.05, 0) is 29.6 Å². The highest BCUT2D eigenvalue weighted by atomic mass is 32.2. The van der Waals surface area contributed by atoms with Gasteiger partial charge in [-0.3, -0.25) is 4.79 Å². The van der Waals surface area contributed by atoms with Crippen molar-refractivity contribution in [1.29, 1.82) is 0 Å². The van der Waals surface area contributed by atoms with Gasteiger partial charge in [0.1, 0.15) is 9.77 Å². The number of anilines is 1. The van der Waals surface area contributed by atoms with Gasteiger partial charge in [-0.1, -0.05) is 6.07 Å². The van der Waals surface area contributed by atoms with E-state index in [0.29, 0.717) is 24.3 Å². The van der Waals surface area contributed by atoms with Crippen molar-refractivity contribution in [2.24, 2.45) is 0 Å². The van der Waals surface area contributed by atoms with Crippen molar-refractivity contribution < 1.29 is 22.7 Å². The van der Waals surface area contributed by atoms with Crippen LogP contribution in [-0.2, 0) is 14.8 Å². The minimum absolute atomic E-state index is 0.0148. The fourth-order valence-corrected chi connectivity index (χ4v) is 6.49. The van der Waals surface area contributed by atoms with Crippen LogP contribution < -0.4 is 5.32 Å². The third-order valence-corrected chi connectivity index (χ3v) is 7.89. The van der Waals surface area contributed by atoms with E-state index >= 15 is 0 Å². The molecule has 144 valence electrons. The van der Waals surface area contributed by atoms with E-state index in [1.807, 2.05) is 0 Å². The molecule has 1 aromatic heterocycles. The summed E-state index contributed by atoms with van der Waals surface area (Å²) in [6.07, 6.45) is 0. The van der Waals surface area contributed by atoms with Crippen LogP contribution in [0.2, 0.25) is 0 Å². The van der Waals surface area contributed by atoms with Gasteiger partial charge in [0.15, 0.2) is 0 Å². The van der Waals surface area contributed by atoms with Gasteiger partial charge < -0.3 is 10.1 Å². The first-order valence-electron chi connectivity index (χ1n) is 8.08. The Bertz CT molecular complexity index is 949. The maximum Gasteiger partial charge on any atom is 0.337 e. The predicted molar refractivity (Wildman–Crippen MR) is 106 cm³/mol. The predicted octanol–water partition coefficient (Wildman–Crippen LogP) is 2.52. The number of hydrogen-bond acceptors (Lipinski definition) is 7. The SMILES string of the molecule is COC(=O)c1cccc(NC(=O)c2sccc2S(=O)(=O)N2CCSCC2)c1. The number of carbonyl (C=O) groups is 2. The zero-order valence-corrected chi connectivity index (χ0v) is 17.0. The molecule has 2 heterocycles. The molecule has 2 aromatic rings. The standard InChI is InChI=1S/C17H18N2O5S3/c1-24-17(21)12-3-2-4-13(11-12)18-16(20)15-14(5-8-26-15)27(22,23)19-6-9-25-10-7-19/h2-5,8,11H,6-7,9-10H2,1H3,(H,18,20). The number of benzene rings is 1. The van der Waals surface area contributed by atoms with Crippen LogP contribution in [0, 0.1) is 0 Å². The van der Waals surface area contributed by atoms with Crippen molar-refractivity contribution in [3.63, 3.8) is 0 Å². The molecule has 0 saturated carbocycles. The number of nitrogens with zero attached hydrogens (tertiary/aromatic N) is 1. The number of thioether (sulfide) groups is 1. The largest absolute Gasteiger partial charge is 0.465 e. The Kier molecular flexibility index (Phi) is 6.20. The van der Waals surface area contributed by atoms with E-state index in [2.05, 4.69) is 10.1 Å². The monoisotopic (exact) mass is 426 g/mol. The van der Waals surface area contributed by atoms with E-state index in [1.165, 1.54) is 23.5 Å². The molecule has 1 aliphatic rings. The number of thiophene rings is 1. The third kappa shape index (κ3) is 4.34. The molecule has 1 aliphatic heterocycles. The van der Waals surface area contributed by atoms with Crippen molar-refractivity contribution in [2.45, 2.75) is 4.90 Å². The molecule has 1 N–H and O–H groups in total. The molecule has 1 aromatic carbocycles. The molecule has 0 radical (unpaired) electrons. The quantitative estimate of drug-likeness (QED) is 0.739. The first-order chi connectivity index (χ1) is 12.9. The minimum atomic E-state index is -3.72. The number of carbonyl (C=O) groups excluding carboxylic acids is 2. The summed E-state index contributed by atoms with van der Waals surface area (Å²) in [6.45, 7) is 0.871. The zero-order chi connectivity index (χ0) is 19.4. The number of esters is 1. The van der Waals surface area contributed by atoms with Crippen LogP contribution >= 0.6 is 23.1 Å². The molecular weight excluding hydrogens is 408 g/mol. The lowest BCUT2D eigenvalue weighted by Crippen LogP contribution is -2.38. The van der Waals surface area contributed by atoms with Crippen molar-refractivity contribution in [3.8, 4) is 0 Å². The molecule has 0 atom stereocenters. The van der Waals surface area contributed by atoms with Crippen LogP contribution in [0.1, 0.15) is 20.0 Å². The second-order valence-corrected chi connectivity index (χ2v) is 9.70. The minimum Gasteiger partial charge on any atom is -0.465 e. The highest BCUT2D eigenvalue weighted by Gasteiger charge is 2.31. The van der Waals surface area contributed by atoms with E-state index in [-0.39, 0.29) is 9.77 Å². The Morgan fingerprint density at radius 1 is 1.19 bits per heavy atom. The van der Waals surface area contributed by atoms with Crippen LogP contribution in [0.3, 0.4) is 0 Å². The molecule has 0 bridgehead atoms. The summed E-state index contributed by atoms with van der Waals surface area (Å²) in [4.78, 5) is 24.4. The van der Waals surface area contributed by atoms with Crippen molar-refractivity contribution in [1.82, 2.24) is 4.31 Å². The molecule has 10 heteroatoms. The topological polar surface area (TPSA) is 92.8 Å². The van der Waals surface area contributed by atoms with E-state index in [4.69, 9.17) is 0 Å². The van der Waals surface area contributed by atoms with Crippen molar-refractivity contribution in [2.75, 3.05) is 37.0 Å². The molecule has 7 nitrogen and oxygen atoms in total. The summed E-state index contributed by atoms with van der Waals surface area (Å²) in [6, 6.07) is 7.74. The maximum atomic E-state index is 12.9. The van der Waals surface area contributed by atoms with Crippen LogP contribution in [0.5, 0.6) is 0 Å². The van der Waals surface area contributed by atoms with Gasteiger partial charge in [-0.2, -0.15) is 16.1 Å². The van der Waals surface area contributed by atoms with Gasteiger partial charge in [0.05, 0.1) is 12.7 Å². The number of nitrogens with one attached hydrogen (secondary N) is 1. The van der Waals surface area contributed by atoms with Crippen LogP contribution in [-0.4, -0.2) is 56.3 Å². The van der Waals surface area contributed by atoms with Gasteiger partial charge in [-0.25, -0.2) is 13.2 Å². The number of amides is 1. The summed E-state index contributed by atoms with van der Waals surface area (Å²) in [5.41, 5.74) is 0.675. The van der Waals surface area contributed by atoms with Crippen LogP contribution in [0.15, 0.2) is 40.6 Å². The Morgan fingerprint density at radius 3 is 2.63 bits per heavy atom. The molecule has 1 saturated heterocycles. The number of sulfonamides is 1. The third-order valence-electron chi connectivity index (χ3n) is 3.96. The molecule has 0 unspecified atom stereocenters. The number of rotatable bonds is 5. The summed E-state index contributed by atoms with van der Waals surface area (Å²) in [7, 11) is -2.44. The number of ether oxygens (including phenoxy) is 1. The van der Waals surface area contributed by atoms with Crippen molar-refractivity contribution in [3.05, 3.63) is 46.2 Å². The Balaban J connectivity index is 1.83. The highest BCUT2D eigenvalue weighted by Crippen LogP contribution is 2.28. The normalized spacial score (nSPS) is 15.3. The lowest BCUT2D eigenvalue weighted by molar-refractivity contribution is 0.0600. The first kappa shape index (κ1) is 19.9. The lowest BCUT2D eigenvalue weighted by Gasteiger charge is -2.25. The summed E-state index contributed by atoms with van der Waals surface area (Å²) in [5, 5.41) is 4.24. The van der Waals surface area contributed by atoms with Gasteiger partial charge in [0, 0.05) is 30.3 Å².